The highest BCUT2D eigenvalue weighted by Gasteiger charge is 2.14. The van der Waals surface area contributed by atoms with Gasteiger partial charge in [-0.15, -0.1) is 10.2 Å². The predicted molar refractivity (Wildman–Crippen MR) is 108 cm³/mol. The lowest BCUT2D eigenvalue weighted by atomic mass is 10.2. The van der Waals surface area contributed by atoms with Gasteiger partial charge in [0.1, 0.15) is 11.6 Å². The summed E-state index contributed by atoms with van der Waals surface area (Å²) in [5.74, 6) is 0.912. The first-order chi connectivity index (χ1) is 14.1. The van der Waals surface area contributed by atoms with Gasteiger partial charge in [0.15, 0.2) is 0 Å². The van der Waals surface area contributed by atoms with Gasteiger partial charge in [0.2, 0.25) is 11.9 Å². The number of hydrogen-bond acceptors (Lipinski definition) is 9. The third kappa shape index (κ3) is 4.49. The quantitative estimate of drug-likeness (QED) is 0.456. The number of nitrogens with zero attached hydrogens (tertiary/aromatic N) is 5. The number of aryl methyl sites for hydroxylation is 1. The van der Waals surface area contributed by atoms with E-state index in [0.717, 1.165) is 11.3 Å². The zero-order valence-electron chi connectivity index (χ0n) is 15.3. The highest BCUT2D eigenvalue weighted by molar-refractivity contribution is 7.98. The van der Waals surface area contributed by atoms with Gasteiger partial charge in [0, 0.05) is 5.69 Å². The van der Waals surface area contributed by atoms with Crippen molar-refractivity contribution in [3.8, 4) is 11.5 Å². The van der Waals surface area contributed by atoms with E-state index in [-0.39, 0.29) is 22.6 Å². The van der Waals surface area contributed by atoms with Gasteiger partial charge in [-0.3, -0.25) is 0 Å². The predicted octanol–water partition coefficient (Wildman–Crippen LogP) is 3.99. The summed E-state index contributed by atoms with van der Waals surface area (Å²) < 4.78 is 19.4. The number of nitrogens with one attached hydrogen (secondary N) is 1. The minimum absolute atomic E-state index is 0.101. The van der Waals surface area contributed by atoms with Crippen molar-refractivity contribution < 1.29 is 8.81 Å². The minimum Gasteiger partial charge on any atom is -0.411 e. The molecule has 8 nitrogen and oxygen atoms in total. The van der Waals surface area contributed by atoms with Gasteiger partial charge in [-0.25, -0.2) is 4.39 Å². The van der Waals surface area contributed by atoms with Crippen LogP contribution in [0.1, 0.15) is 11.4 Å². The van der Waals surface area contributed by atoms with E-state index in [4.69, 9.17) is 10.2 Å². The van der Waals surface area contributed by atoms with E-state index >= 15 is 0 Å². The summed E-state index contributed by atoms with van der Waals surface area (Å²) in [4.78, 5) is 12.6. The van der Waals surface area contributed by atoms with E-state index in [0.29, 0.717) is 17.5 Å². The van der Waals surface area contributed by atoms with E-state index in [2.05, 4.69) is 30.5 Å². The van der Waals surface area contributed by atoms with Crippen LogP contribution in [-0.2, 0) is 5.75 Å². The molecule has 0 saturated carbocycles. The molecule has 0 fully saturated rings. The molecule has 3 N–H and O–H groups in total. The lowest BCUT2D eigenvalue weighted by Crippen LogP contribution is -2.07. The van der Waals surface area contributed by atoms with Gasteiger partial charge in [-0.05, 0) is 30.7 Å². The van der Waals surface area contributed by atoms with Crippen LogP contribution in [0.25, 0.3) is 11.5 Å². The van der Waals surface area contributed by atoms with Gasteiger partial charge in [0.25, 0.3) is 11.1 Å². The molecular formula is C19H16FN7OS. The van der Waals surface area contributed by atoms with Gasteiger partial charge in [-0.1, -0.05) is 42.1 Å². The summed E-state index contributed by atoms with van der Waals surface area (Å²) in [5.41, 5.74) is 7.99. The molecule has 2 heterocycles. The topological polar surface area (TPSA) is 116 Å². The number of hydrogen-bond donors (Lipinski definition) is 2. The third-order valence-corrected chi connectivity index (χ3v) is 4.74. The summed E-state index contributed by atoms with van der Waals surface area (Å²) in [7, 11) is 0. The molecule has 0 radical (unpaired) electrons. The number of para-hydroxylation sites is 1. The van der Waals surface area contributed by atoms with Crippen molar-refractivity contribution in [1.29, 1.82) is 0 Å². The first-order valence-corrected chi connectivity index (χ1v) is 9.61. The third-order valence-electron chi connectivity index (χ3n) is 3.93. The Kier molecular flexibility index (Phi) is 5.34. The fraction of sp³-hybridized carbons (Fsp3) is 0.105. The van der Waals surface area contributed by atoms with Crippen LogP contribution in [0.4, 0.5) is 22.0 Å². The molecule has 0 bridgehead atoms. The Labute approximate surface area is 169 Å². The molecule has 10 heteroatoms. The molecule has 0 amide bonds. The van der Waals surface area contributed by atoms with Gasteiger partial charge < -0.3 is 15.5 Å². The summed E-state index contributed by atoms with van der Waals surface area (Å²) in [6, 6.07) is 14.0. The molecule has 29 heavy (non-hydrogen) atoms. The zero-order chi connectivity index (χ0) is 20.2. The van der Waals surface area contributed by atoms with Gasteiger partial charge in [-0.2, -0.15) is 15.0 Å². The smallest absolute Gasteiger partial charge is 0.277 e. The van der Waals surface area contributed by atoms with Crippen LogP contribution < -0.4 is 11.1 Å². The molecule has 0 aliphatic carbocycles. The number of benzene rings is 2. The molecule has 4 aromatic rings. The van der Waals surface area contributed by atoms with Crippen molar-refractivity contribution in [2.75, 3.05) is 11.1 Å². The molecule has 2 aromatic heterocycles. The second-order valence-corrected chi connectivity index (χ2v) is 6.94. The van der Waals surface area contributed by atoms with Crippen LogP contribution in [0.15, 0.2) is 58.2 Å². The summed E-state index contributed by atoms with van der Waals surface area (Å²) in [5, 5.41) is 11.2. The molecule has 4 rings (SSSR count). The Bertz CT molecular complexity index is 1150. The highest BCUT2D eigenvalue weighted by Crippen LogP contribution is 2.27. The Morgan fingerprint density at radius 3 is 2.66 bits per heavy atom. The first-order valence-electron chi connectivity index (χ1n) is 8.63. The van der Waals surface area contributed by atoms with Crippen molar-refractivity contribution in [3.63, 3.8) is 0 Å². The van der Waals surface area contributed by atoms with Crippen LogP contribution in [0, 0.1) is 12.7 Å². The minimum atomic E-state index is -0.426. The first kappa shape index (κ1) is 18.8. The molecule has 0 aliphatic rings. The van der Waals surface area contributed by atoms with E-state index in [1.807, 2.05) is 31.2 Å². The van der Waals surface area contributed by atoms with Crippen LogP contribution in [-0.4, -0.2) is 25.1 Å². The largest absolute Gasteiger partial charge is 0.411 e. The van der Waals surface area contributed by atoms with Crippen molar-refractivity contribution in [3.05, 3.63) is 65.7 Å². The normalized spacial score (nSPS) is 10.8. The maximum Gasteiger partial charge on any atom is 0.277 e. The monoisotopic (exact) mass is 409 g/mol. The highest BCUT2D eigenvalue weighted by atomic mass is 32.2. The number of thioether (sulfide) groups is 1. The SMILES string of the molecule is Cc1ccccc1Nc1nc(N)nc(CSc2nnc(-c3ccccc3F)o2)n1. The second kappa shape index (κ2) is 8.23. The van der Waals surface area contributed by atoms with Crippen molar-refractivity contribution in [2.45, 2.75) is 17.9 Å². The summed E-state index contributed by atoms with van der Waals surface area (Å²) >= 11 is 1.22. The average molecular weight is 409 g/mol. The Morgan fingerprint density at radius 1 is 1.03 bits per heavy atom. The summed E-state index contributed by atoms with van der Waals surface area (Å²) in [6.45, 7) is 1.98. The Morgan fingerprint density at radius 2 is 1.83 bits per heavy atom. The summed E-state index contributed by atoms with van der Waals surface area (Å²) in [6.07, 6.45) is 0. The van der Waals surface area contributed by atoms with Crippen LogP contribution in [0.3, 0.4) is 0 Å². The molecule has 0 saturated heterocycles. The Hall–Kier alpha value is -3.53. The molecule has 2 aromatic carbocycles. The van der Waals surface area contributed by atoms with Crippen LogP contribution in [0.2, 0.25) is 0 Å². The number of anilines is 3. The fourth-order valence-electron chi connectivity index (χ4n) is 2.53. The standard InChI is InChI=1S/C19H16FN7OS/c1-11-6-2-5-9-14(11)22-18-24-15(23-17(21)25-18)10-29-19-27-26-16(28-19)12-7-3-4-8-13(12)20/h2-9H,10H2,1H3,(H3,21,22,23,24,25). The average Bonchev–Trinajstić information content (AvgIpc) is 3.17. The van der Waals surface area contributed by atoms with Gasteiger partial charge >= 0.3 is 0 Å². The van der Waals surface area contributed by atoms with E-state index in [1.54, 1.807) is 18.2 Å². The molecule has 146 valence electrons. The molecule has 0 unspecified atom stereocenters. The number of nitrogens with two attached hydrogens (primary N) is 1. The lowest BCUT2D eigenvalue weighted by Gasteiger charge is -2.09. The number of aromatic nitrogens is 5. The molecule has 0 spiro atoms. The zero-order valence-corrected chi connectivity index (χ0v) is 16.2. The van der Waals surface area contributed by atoms with E-state index in [1.165, 1.54) is 17.8 Å². The number of rotatable bonds is 6. The fourth-order valence-corrected chi connectivity index (χ4v) is 3.15. The van der Waals surface area contributed by atoms with E-state index < -0.39 is 5.82 Å². The number of nitrogen functional groups attached to an aromatic ring is 1. The maximum absolute atomic E-state index is 13.8. The molecule has 0 atom stereocenters. The molecule has 0 aliphatic heterocycles. The number of halogens is 1. The van der Waals surface area contributed by atoms with Crippen LogP contribution in [0.5, 0.6) is 0 Å². The lowest BCUT2D eigenvalue weighted by molar-refractivity contribution is 0.462. The molecular weight excluding hydrogens is 393 g/mol. The maximum atomic E-state index is 13.8. The van der Waals surface area contributed by atoms with E-state index in [9.17, 15) is 4.39 Å². The van der Waals surface area contributed by atoms with Crippen molar-refractivity contribution in [2.24, 2.45) is 0 Å². The Balaban J connectivity index is 1.47. The van der Waals surface area contributed by atoms with Crippen molar-refractivity contribution in [1.82, 2.24) is 25.1 Å². The van der Waals surface area contributed by atoms with Crippen molar-refractivity contribution >= 4 is 29.3 Å². The van der Waals surface area contributed by atoms with Gasteiger partial charge in [0.05, 0.1) is 11.3 Å². The van der Waals surface area contributed by atoms with Crippen LogP contribution >= 0.6 is 11.8 Å². The second-order valence-electron chi connectivity index (χ2n) is 6.02.